The van der Waals surface area contributed by atoms with Gasteiger partial charge in [-0.3, -0.25) is 0 Å². The second kappa shape index (κ2) is 5.99. The molecule has 0 bridgehead atoms. The number of ether oxygens (including phenoxy) is 3. The largest absolute Gasteiger partial charge is 0.454 e. The molecule has 20 heavy (non-hydrogen) atoms. The van der Waals surface area contributed by atoms with Crippen molar-refractivity contribution in [3.8, 4) is 11.5 Å². The molecule has 2 aliphatic rings. The minimum absolute atomic E-state index is 0.258. The average Bonchev–Trinajstić information content (AvgIpc) is 3.12. The highest BCUT2D eigenvalue weighted by Gasteiger charge is 2.25. The van der Waals surface area contributed by atoms with Crippen LogP contribution in [-0.2, 0) is 4.74 Å². The third-order valence-electron chi connectivity index (χ3n) is 4.10. The lowest BCUT2D eigenvalue weighted by Crippen LogP contribution is -2.31. The van der Waals surface area contributed by atoms with Crippen molar-refractivity contribution in [3.63, 3.8) is 0 Å². The van der Waals surface area contributed by atoms with Crippen LogP contribution in [0.4, 0.5) is 0 Å². The average molecular weight is 279 g/mol. The molecule has 1 aromatic rings. The van der Waals surface area contributed by atoms with Gasteiger partial charge in [0.2, 0.25) is 6.79 Å². The first-order chi connectivity index (χ1) is 9.76. The zero-order valence-electron chi connectivity index (χ0n) is 11.7. The van der Waals surface area contributed by atoms with Gasteiger partial charge in [0.1, 0.15) is 0 Å². The fourth-order valence-electron chi connectivity index (χ4n) is 2.86. The molecule has 0 spiro atoms. The molecule has 3 atom stereocenters. The number of hydrogen-bond acceptors (Lipinski definition) is 5. The van der Waals surface area contributed by atoms with Gasteiger partial charge in [-0.1, -0.05) is 6.07 Å². The summed E-state index contributed by atoms with van der Waals surface area (Å²) in [5.74, 6) is 1.45. The van der Waals surface area contributed by atoms with Crippen molar-refractivity contribution >= 4 is 0 Å². The molecule has 5 nitrogen and oxygen atoms in total. The van der Waals surface area contributed by atoms with Crippen LogP contribution in [0.3, 0.4) is 0 Å². The van der Waals surface area contributed by atoms with E-state index < -0.39 is 6.10 Å². The maximum Gasteiger partial charge on any atom is 0.231 e. The Hall–Kier alpha value is -1.30. The smallest absolute Gasteiger partial charge is 0.231 e. The van der Waals surface area contributed by atoms with E-state index in [-0.39, 0.29) is 6.79 Å². The van der Waals surface area contributed by atoms with E-state index in [9.17, 15) is 5.11 Å². The number of benzene rings is 1. The molecular formula is C15H21NO4. The van der Waals surface area contributed by atoms with Crippen LogP contribution < -0.4 is 14.8 Å². The van der Waals surface area contributed by atoms with Crippen LogP contribution in [0.25, 0.3) is 0 Å². The molecule has 0 radical (unpaired) electrons. The Labute approximate surface area is 118 Å². The Kier molecular flexibility index (Phi) is 4.10. The number of aliphatic hydroxyl groups excluding tert-OH is 1. The van der Waals surface area contributed by atoms with Gasteiger partial charge in [0, 0.05) is 19.7 Å². The third kappa shape index (κ3) is 2.90. The fraction of sp³-hybridized carbons (Fsp3) is 0.600. The van der Waals surface area contributed by atoms with E-state index in [1.165, 1.54) is 0 Å². The molecule has 1 heterocycles. The van der Waals surface area contributed by atoms with E-state index in [1.54, 1.807) is 7.11 Å². The predicted molar refractivity (Wildman–Crippen MR) is 74.0 cm³/mol. The summed E-state index contributed by atoms with van der Waals surface area (Å²) in [6.07, 6.45) is 3.03. The minimum Gasteiger partial charge on any atom is -0.454 e. The molecule has 1 fully saturated rings. The van der Waals surface area contributed by atoms with Gasteiger partial charge in [-0.15, -0.1) is 0 Å². The maximum atomic E-state index is 10.2. The number of rotatable bonds is 5. The van der Waals surface area contributed by atoms with E-state index in [0.29, 0.717) is 24.4 Å². The zero-order chi connectivity index (χ0) is 13.9. The number of hydrogen-bond donors (Lipinski definition) is 2. The van der Waals surface area contributed by atoms with Gasteiger partial charge in [-0.05, 0) is 37.0 Å². The molecular weight excluding hydrogens is 258 g/mol. The van der Waals surface area contributed by atoms with Crippen molar-refractivity contribution in [3.05, 3.63) is 23.8 Å². The van der Waals surface area contributed by atoms with Gasteiger partial charge in [-0.25, -0.2) is 0 Å². The summed E-state index contributed by atoms with van der Waals surface area (Å²) in [4.78, 5) is 0. The summed E-state index contributed by atoms with van der Waals surface area (Å²) >= 11 is 0. The van der Waals surface area contributed by atoms with E-state index in [2.05, 4.69) is 5.32 Å². The van der Waals surface area contributed by atoms with Crippen LogP contribution in [0, 0.1) is 0 Å². The molecule has 0 amide bonds. The SMILES string of the molecule is COC1CCC(NCC(O)c2ccc3c(c2)OCO3)C1. The van der Waals surface area contributed by atoms with Crippen molar-refractivity contribution in [2.45, 2.75) is 37.5 Å². The number of nitrogens with one attached hydrogen (secondary N) is 1. The second-order valence-electron chi connectivity index (χ2n) is 5.40. The highest BCUT2D eigenvalue weighted by atomic mass is 16.7. The van der Waals surface area contributed by atoms with E-state index in [1.807, 2.05) is 18.2 Å². The fourth-order valence-corrected chi connectivity index (χ4v) is 2.86. The highest BCUT2D eigenvalue weighted by molar-refractivity contribution is 5.45. The normalized spacial score (nSPS) is 25.9. The summed E-state index contributed by atoms with van der Waals surface area (Å²) in [7, 11) is 1.76. The zero-order valence-corrected chi connectivity index (χ0v) is 11.7. The summed E-state index contributed by atoms with van der Waals surface area (Å²) in [6, 6.07) is 6.01. The van der Waals surface area contributed by atoms with Crippen molar-refractivity contribution in [2.75, 3.05) is 20.4 Å². The maximum absolute atomic E-state index is 10.2. The topological polar surface area (TPSA) is 60.0 Å². The molecule has 1 aliphatic carbocycles. The van der Waals surface area contributed by atoms with Crippen molar-refractivity contribution in [1.82, 2.24) is 5.32 Å². The Morgan fingerprint density at radius 1 is 1.35 bits per heavy atom. The molecule has 1 aliphatic heterocycles. The first kappa shape index (κ1) is 13.7. The Balaban J connectivity index is 1.53. The number of aliphatic hydroxyl groups is 1. The van der Waals surface area contributed by atoms with Crippen molar-refractivity contribution in [2.24, 2.45) is 0 Å². The summed E-state index contributed by atoms with van der Waals surface area (Å²) in [5.41, 5.74) is 0.850. The quantitative estimate of drug-likeness (QED) is 0.857. The molecule has 1 saturated carbocycles. The molecule has 1 aromatic carbocycles. The molecule has 110 valence electrons. The van der Waals surface area contributed by atoms with E-state index in [4.69, 9.17) is 14.2 Å². The lowest BCUT2D eigenvalue weighted by atomic mass is 10.1. The first-order valence-corrected chi connectivity index (χ1v) is 7.10. The molecule has 3 unspecified atom stereocenters. The highest BCUT2D eigenvalue weighted by Crippen LogP contribution is 2.34. The first-order valence-electron chi connectivity index (χ1n) is 7.10. The van der Waals surface area contributed by atoms with Gasteiger partial charge in [-0.2, -0.15) is 0 Å². The number of methoxy groups -OCH3 is 1. The van der Waals surface area contributed by atoms with Gasteiger partial charge in [0.05, 0.1) is 12.2 Å². The van der Waals surface area contributed by atoms with Crippen molar-refractivity contribution in [1.29, 1.82) is 0 Å². The molecule has 0 saturated heterocycles. The van der Waals surface area contributed by atoms with Crippen LogP contribution in [0.5, 0.6) is 11.5 Å². The summed E-state index contributed by atoms with van der Waals surface area (Å²) in [5, 5.41) is 13.7. The van der Waals surface area contributed by atoms with Gasteiger partial charge in [0.15, 0.2) is 11.5 Å². The lowest BCUT2D eigenvalue weighted by molar-refractivity contribution is 0.105. The van der Waals surface area contributed by atoms with Crippen LogP contribution in [0.15, 0.2) is 18.2 Å². The molecule has 3 rings (SSSR count). The summed E-state index contributed by atoms with van der Waals surface area (Å²) in [6.45, 7) is 0.800. The third-order valence-corrected chi connectivity index (χ3v) is 4.10. The van der Waals surface area contributed by atoms with E-state index in [0.717, 1.165) is 30.6 Å². The van der Waals surface area contributed by atoms with E-state index >= 15 is 0 Å². The lowest BCUT2D eigenvalue weighted by Gasteiger charge is -2.17. The molecule has 5 heteroatoms. The minimum atomic E-state index is -0.536. The molecule has 0 aromatic heterocycles. The Morgan fingerprint density at radius 3 is 3.00 bits per heavy atom. The number of fused-ring (bicyclic) bond motifs is 1. The monoisotopic (exact) mass is 279 g/mol. The predicted octanol–water partition coefficient (Wildman–Crippen LogP) is 1.61. The van der Waals surface area contributed by atoms with Crippen LogP contribution in [-0.4, -0.2) is 37.7 Å². The Bertz CT molecular complexity index is 465. The van der Waals surface area contributed by atoms with Crippen LogP contribution >= 0.6 is 0 Å². The Morgan fingerprint density at radius 2 is 2.20 bits per heavy atom. The van der Waals surface area contributed by atoms with Gasteiger partial charge in [0.25, 0.3) is 0 Å². The second-order valence-corrected chi connectivity index (χ2v) is 5.40. The van der Waals surface area contributed by atoms with Gasteiger partial charge < -0.3 is 24.6 Å². The van der Waals surface area contributed by atoms with Gasteiger partial charge >= 0.3 is 0 Å². The summed E-state index contributed by atoms with van der Waals surface area (Å²) < 4.78 is 15.9. The van der Waals surface area contributed by atoms with Crippen molar-refractivity contribution < 1.29 is 19.3 Å². The standard InChI is InChI=1S/C15H21NO4/c1-18-12-4-3-11(7-12)16-8-13(17)10-2-5-14-15(6-10)20-9-19-14/h2,5-6,11-13,16-17H,3-4,7-9H2,1H3. The van der Waals surface area contributed by atoms with Crippen LogP contribution in [0.2, 0.25) is 0 Å². The molecule has 2 N–H and O–H groups in total. The van der Waals surface area contributed by atoms with Crippen LogP contribution in [0.1, 0.15) is 30.9 Å².